The number of hydrogen-bond donors (Lipinski definition) is 0. The van der Waals surface area contributed by atoms with E-state index in [1.807, 2.05) is 0 Å². The summed E-state index contributed by atoms with van der Waals surface area (Å²) >= 11 is 9.01. The van der Waals surface area contributed by atoms with Gasteiger partial charge >= 0.3 is 0 Å². The van der Waals surface area contributed by atoms with Gasteiger partial charge in [-0.25, -0.2) is 0 Å². The van der Waals surface area contributed by atoms with Crippen molar-refractivity contribution in [1.29, 1.82) is 0 Å². The Hall–Kier alpha value is 0.780. The summed E-state index contributed by atoms with van der Waals surface area (Å²) in [5.41, 5.74) is 0. The lowest BCUT2D eigenvalue weighted by Gasteiger charge is -2.07. The fraction of sp³-hybridized carbons (Fsp3) is 0.600. The maximum absolute atomic E-state index is 10.9. The van der Waals surface area contributed by atoms with Gasteiger partial charge in [-0.05, 0) is 6.92 Å². The van der Waals surface area contributed by atoms with E-state index in [1.165, 1.54) is 6.92 Å². The molecule has 0 radical (unpaired) electrons. The molecule has 0 saturated carbocycles. The Morgan fingerprint density at radius 1 is 1.30 bits per heavy atom. The van der Waals surface area contributed by atoms with E-state index in [2.05, 4.69) is 47.8 Å². The Labute approximate surface area is 84.1 Å². The molecule has 0 bridgehead atoms. The SMILES string of the molecule is CC(=O)CC(=O)C(Br)(Br)Br. The number of carbonyl (C=O) groups excluding carboxylic acids is 2. The highest BCUT2D eigenvalue weighted by molar-refractivity contribution is 9.40. The standard InChI is InChI=1S/C5H5Br3O2/c1-3(9)2-4(10)5(6,7)8/h2H2,1H3. The van der Waals surface area contributed by atoms with Crippen LogP contribution < -0.4 is 0 Å². The fourth-order valence-corrected chi connectivity index (χ4v) is 0.747. The molecular weight excluding hydrogens is 332 g/mol. The molecule has 0 aromatic heterocycles. The van der Waals surface area contributed by atoms with Crippen molar-refractivity contribution in [2.75, 3.05) is 0 Å². The molecule has 0 aromatic carbocycles. The lowest BCUT2D eigenvalue weighted by atomic mass is 10.2. The van der Waals surface area contributed by atoms with E-state index in [-0.39, 0.29) is 18.0 Å². The highest BCUT2D eigenvalue weighted by Gasteiger charge is 2.28. The molecule has 0 aromatic rings. The van der Waals surface area contributed by atoms with Crippen LogP contribution in [0.5, 0.6) is 0 Å². The Balaban J connectivity index is 3.99. The molecule has 0 aliphatic heterocycles. The van der Waals surface area contributed by atoms with Crippen LogP contribution in [0.2, 0.25) is 0 Å². The van der Waals surface area contributed by atoms with Gasteiger partial charge in [0.1, 0.15) is 5.78 Å². The highest BCUT2D eigenvalue weighted by Crippen LogP contribution is 2.35. The van der Waals surface area contributed by atoms with Gasteiger partial charge < -0.3 is 0 Å². The third-order valence-corrected chi connectivity index (χ3v) is 2.05. The Bertz CT molecular complexity index is 159. The molecule has 0 aliphatic carbocycles. The van der Waals surface area contributed by atoms with Crippen molar-refractivity contribution in [3.63, 3.8) is 0 Å². The maximum atomic E-state index is 10.9. The minimum atomic E-state index is -0.932. The smallest absolute Gasteiger partial charge is 0.193 e. The molecule has 58 valence electrons. The fourth-order valence-electron chi connectivity index (χ4n) is 0.326. The highest BCUT2D eigenvalue weighted by atomic mass is 80.0. The predicted octanol–water partition coefficient (Wildman–Crippen LogP) is 2.37. The van der Waals surface area contributed by atoms with Crippen LogP contribution in [0.25, 0.3) is 0 Å². The Morgan fingerprint density at radius 2 is 1.70 bits per heavy atom. The van der Waals surface area contributed by atoms with E-state index < -0.39 is 2.14 Å². The average molecular weight is 337 g/mol. The summed E-state index contributed by atoms with van der Waals surface area (Å²) in [4.78, 5) is 21.3. The van der Waals surface area contributed by atoms with Gasteiger partial charge in [0.2, 0.25) is 0 Å². The number of ketones is 2. The quantitative estimate of drug-likeness (QED) is 0.573. The van der Waals surface area contributed by atoms with Crippen LogP contribution in [0.3, 0.4) is 0 Å². The lowest BCUT2D eigenvalue weighted by Crippen LogP contribution is -2.19. The van der Waals surface area contributed by atoms with Crippen molar-refractivity contribution < 1.29 is 9.59 Å². The monoisotopic (exact) mass is 334 g/mol. The van der Waals surface area contributed by atoms with Crippen LogP contribution >= 0.6 is 47.8 Å². The lowest BCUT2D eigenvalue weighted by molar-refractivity contribution is -0.124. The predicted molar refractivity (Wildman–Crippen MR) is 49.8 cm³/mol. The Morgan fingerprint density at radius 3 is 1.80 bits per heavy atom. The zero-order valence-electron chi connectivity index (χ0n) is 5.16. The van der Waals surface area contributed by atoms with E-state index in [0.29, 0.717) is 0 Å². The molecule has 0 amide bonds. The zero-order valence-corrected chi connectivity index (χ0v) is 9.92. The van der Waals surface area contributed by atoms with Crippen molar-refractivity contribution in [2.45, 2.75) is 15.5 Å². The van der Waals surface area contributed by atoms with Gasteiger partial charge in [0.25, 0.3) is 0 Å². The van der Waals surface area contributed by atoms with Gasteiger partial charge in [-0.2, -0.15) is 0 Å². The zero-order chi connectivity index (χ0) is 8.36. The molecule has 10 heavy (non-hydrogen) atoms. The second-order valence-electron chi connectivity index (χ2n) is 1.80. The second kappa shape index (κ2) is 3.97. The van der Waals surface area contributed by atoms with Gasteiger partial charge in [0.15, 0.2) is 7.93 Å². The molecule has 0 unspecified atom stereocenters. The summed E-state index contributed by atoms with van der Waals surface area (Å²) in [5.74, 6) is -0.382. The number of hydrogen-bond acceptors (Lipinski definition) is 2. The van der Waals surface area contributed by atoms with E-state index in [0.717, 1.165) is 0 Å². The summed E-state index contributed by atoms with van der Waals surface area (Å²) in [6.45, 7) is 1.37. The van der Waals surface area contributed by atoms with Crippen molar-refractivity contribution in [3.8, 4) is 0 Å². The summed E-state index contributed by atoms with van der Waals surface area (Å²) in [7, 11) is 0. The molecule has 0 fully saturated rings. The van der Waals surface area contributed by atoms with Gasteiger partial charge in [-0.1, -0.05) is 47.8 Å². The van der Waals surface area contributed by atoms with Gasteiger partial charge in [-0.15, -0.1) is 0 Å². The molecule has 2 nitrogen and oxygen atoms in total. The molecule has 5 heteroatoms. The third kappa shape index (κ3) is 4.57. The first-order valence-corrected chi connectivity index (χ1v) is 4.81. The van der Waals surface area contributed by atoms with E-state index in [9.17, 15) is 9.59 Å². The maximum Gasteiger partial charge on any atom is 0.193 e. The first kappa shape index (κ1) is 10.8. The minimum Gasteiger partial charge on any atom is -0.300 e. The van der Waals surface area contributed by atoms with Gasteiger partial charge in [0, 0.05) is 0 Å². The Kier molecular flexibility index (Phi) is 4.28. The van der Waals surface area contributed by atoms with Gasteiger partial charge in [0.05, 0.1) is 6.42 Å². The van der Waals surface area contributed by atoms with E-state index in [4.69, 9.17) is 0 Å². The van der Waals surface area contributed by atoms with Crippen LogP contribution in [-0.4, -0.2) is 13.7 Å². The van der Waals surface area contributed by atoms with Gasteiger partial charge in [-0.3, -0.25) is 9.59 Å². The topological polar surface area (TPSA) is 34.1 Å². The average Bonchev–Trinajstić information content (AvgIpc) is 1.60. The van der Waals surface area contributed by atoms with Crippen molar-refractivity contribution in [3.05, 3.63) is 0 Å². The number of rotatable bonds is 2. The van der Waals surface area contributed by atoms with Crippen molar-refractivity contribution >= 4 is 59.4 Å². The van der Waals surface area contributed by atoms with Crippen molar-refractivity contribution in [2.24, 2.45) is 0 Å². The number of Topliss-reactive ketones (excluding diaryl/α,β-unsaturated/α-hetero) is 2. The summed E-state index contributed by atoms with van der Waals surface area (Å²) in [6, 6.07) is 0. The molecule has 0 heterocycles. The second-order valence-corrected chi connectivity index (χ2v) is 8.56. The summed E-state index contributed by atoms with van der Waals surface area (Å²) in [6.07, 6.45) is -0.0677. The van der Waals surface area contributed by atoms with Crippen LogP contribution in [0.1, 0.15) is 13.3 Å². The van der Waals surface area contributed by atoms with E-state index in [1.54, 1.807) is 0 Å². The normalized spacial score (nSPS) is 11.2. The largest absolute Gasteiger partial charge is 0.300 e. The summed E-state index contributed by atoms with van der Waals surface area (Å²) in [5, 5.41) is 0. The first-order chi connectivity index (χ1) is 4.34. The number of alkyl halides is 3. The first-order valence-electron chi connectivity index (χ1n) is 2.43. The van der Waals surface area contributed by atoms with E-state index >= 15 is 0 Å². The van der Waals surface area contributed by atoms with Crippen molar-refractivity contribution in [1.82, 2.24) is 0 Å². The summed E-state index contributed by atoms with van der Waals surface area (Å²) < 4.78 is -0.932. The number of carbonyl (C=O) groups is 2. The molecular formula is C5H5Br3O2. The van der Waals surface area contributed by atoms with Crippen LogP contribution in [0, 0.1) is 0 Å². The molecule has 0 saturated heterocycles. The minimum absolute atomic E-state index is 0.0677. The number of halogens is 3. The molecule has 0 atom stereocenters. The van der Waals surface area contributed by atoms with Crippen LogP contribution in [-0.2, 0) is 9.59 Å². The molecule has 0 spiro atoms. The molecule has 0 aliphatic rings. The molecule has 0 N–H and O–H groups in total. The van der Waals surface area contributed by atoms with Crippen LogP contribution in [0.4, 0.5) is 0 Å². The molecule has 0 rings (SSSR count). The van der Waals surface area contributed by atoms with Crippen LogP contribution in [0.15, 0.2) is 0 Å². The third-order valence-electron chi connectivity index (χ3n) is 0.726.